The van der Waals surface area contributed by atoms with Crippen LogP contribution in [0.3, 0.4) is 0 Å². The van der Waals surface area contributed by atoms with Crippen LogP contribution in [-0.2, 0) is 0 Å². The van der Waals surface area contributed by atoms with E-state index in [4.69, 9.17) is 15.0 Å². The molecule has 0 radical (unpaired) electrons. The van der Waals surface area contributed by atoms with E-state index in [0.717, 1.165) is 77.5 Å². The zero-order valence-corrected chi connectivity index (χ0v) is 29.8. The highest BCUT2D eigenvalue weighted by Crippen LogP contribution is 2.31. The van der Waals surface area contributed by atoms with Gasteiger partial charge in [-0.05, 0) is 95.7 Å². The average molecular weight is 673 g/mol. The summed E-state index contributed by atoms with van der Waals surface area (Å²) < 4.78 is 2.07. The molecule has 0 N–H and O–H groups in total. The van der Waals surface area contributed by atoms with Gasteiger partial charge in [-0.1, -0.05) is 141 Å². The number of hydrogen-bond acceptors (Lipinski definition) is 3. The third-order valence-electron chi connectivity index (χ3n) is 9.39. The standard InChI is InChI=1S/C48H40N4/c1-7-17-43-42(10-4)45-28-32(6)33(8-2)29-34(9-3)38-20-15-21-39(30-38)40-22-16-23-41(31-40)47-49-46(50-48(51-47)52(45)44(43)11-5)37-26-24-36(25-27-37)35-18-13-12-14-19-35/h7-31H,2,5-6H2,1,3-4H3/b17-7-,33-29+,34-9+,42-10-,45-28+. The van der Waals surface area contributed by atoms with E-state index in [1.54, 1.807) is 0 Å². The van der Waals surface area contributed by atoms with Gasteiger partial charge in [0.25, 0.3) is 0 Å². The number of aromatic nitrogens is 4. The smallest absolute Gasteiger partial charge is 0.238 e. The van der Waals surface area contributed by atoms with Crippen LogP contribution >= 0.6 is 0 Å². The second-order valence-corrected chi connectivity index (χ2v) is 12.5. The molecule has 0 saturated carbocycles. The second-order valence-electron chi connectivity index (χ2n) is 12.5. The summed E-state index contributed by atoms with van der Waals surface area (Å²) in [6.45, 7) is 19.1. The minimum atomic E-state index is 0.484. The summed E-state index contributed by atoms with van der Waals surface area (Å²) in [4.78, 5) is 15.5. The van der Waals surface area contributed by atoms with Crippen molar-refractivity contribution in [3.05, 3.63) is 186 Å². The third kappa shape index (κ3) is 6.38. The lowest BCUT2D eigenvalue weighted by Crippen LogP contribution is -2.30. The quantitative estimate of drug-likeness (QED) is 0.183. The molecule has 252 valence electrons. The number of rotatable bonds is 5. The van der Waals surface area contributed by atoms with Gasteiger partial charge in [-0.15, -0.1) is 0 Å². The monoisotopic (exact) mass is 672 g/mol. The second kappa shape index (κ2) is 14.7. The van der Waals surface area contributed by atoms with Crippen molar-refractivity contribution in [2.45, 2.75) is 20.8 Å². The minimum absolute atomic E-state index is 0.484. The first-order chi connectivity index (χ1) is 25.5. The van der Waals surface area contributed by atoms with E-state index in [2.05, 4.69) is 159 Å². The zero-order valence-electron chi connectivity index (χ0n) is 29.8. The molecule has 0 saturated heterocycles. The predicted octanol–water partition coefficient (Wildman–Crippen LogP) is 10.7. The Bertz CT molecular complexity index is 2580. The lowest BCUT2D eigenvalue weighted by molar-refractivity contribution is 0.881. The molecule has 4 aromatic carbocycles. The molecule has 0 unspecified atom stereocenters. The van der Waals surface area contributed by atoms with Gasteiger partial charge in [0.1, 0.15) is 0 Å². The lowest BCUT2D eigenvalue weighted by atomic mass is 9.95. The van der Waals surface area contributed by atoms with E-state index in [1.165, 1.54) is 0 Å². The maximum atomic E-state index is 5.21. The molecule has 52 heavy (non-hydrogen) atoms. The largest absolute Gasteiger partial charge is 0.278 e. The number of fused-ring (bicyclic) bond motifs is 10. The Morgan fingerprint density at radius 1 is 0.577 bits per heavy atom. The first-order valence-electron chi connectivity index (χ1n) is 17.5. The minimum Gasteiger partial charge on any atom is -0.278 e. The van der Waals surface area contributed by atoms with Gasteiger partial charge < -0.3 is 0 Å². The van der Waals surface area contributed by atoms with Gasteiger partial charge in [-0.25, -0.2) is 4.98 Å². The van der Waals surface area contributed by atoms with E-state index >= 15 is 0 Å². The van der Waals surface area contributed by atoms with Crippen molar-refractivity contribution >= 4 is 29.9 Å². The van der Waals surface area contributed by atoms with E-state index in [0.29, 0.717) is 17.6 Å². The predicted molar refractivity (Wildman–Crippen MR) is 221 cm³/mol. The highest BCUT2D eigenvalue weighted by atomic mass is 15.2. The topological polar surface area (TPSA) is 43.6 Å². The van der Waals surface area contributed by atoms with Crippen molar-refractivity contribution in [2.24, 2.45) is 0 Å². The van der Waals surface area contributed by atoms with E-state index < -0.39 is 0 Å². The molecule has 6 bridgehead atoms. The Labute approximate surface area is 305 Å². The summed E-state index contributed by atoms with van der Waals surface area (Å²) in [6.07, 6.45) is 16.4. The summed E-state index contributed by atoms with van der Waals surface area (Å²) in [5.74, 6) is 1.62. The maximum absolute atomic E-state index is 5.21. The van der Waals surface area contributed by atoms with Gasteiger partial charge in [0.2, 0.25) is 5.95 Å². The molecule has 2 aromatic heterocycles. The first kappa shape index (κ1) is 33.8. The van der Waals surface area contributed by atoms with Gasteiger partial charge in [0.15, 0.2) is 11.6 Å². The molecule has 3 heterocycles. The molecule has 4 heteroatoms. The Balaban J connectivity index is 1.58. The van der Waals surface area contributed by atoms with Crippen molar-refractivity contribution in [2.75, 3.05) is 0 Å². The fraction of sp³-hybridized carbons (Fsp3) is 0.0625. The first-order valence-corrected chi connectivity index (χ1v) is 17.5. The van der Waals surface area contributed by atoms with Crippen LogP contribution in [0.2, 0.25) is 0 Å². The number of hydrogen-bond donors (Lipinski definition) is 0. The summed E-state index contributed by atoms with van der Waals surface area (Å²) in [5.41, 5.74) is 12.0. The van der Waals surface area contributed by atoms with Crippen molar-refractivity contribution in [3.8, 4) is 51.0 Å². The van der Waals surface area contributed by atoms with Gasteiger partial charge in [-0.3, -0.25) is 4.57 Å². The fourth-order valence-corrected chi connectivity index (χ4v) is 6.76. The number of allylic oxidation sites excluding steroid dienone is 7. The lowest BCUT2D eigenvalue weighted by Gasteiger charge is -2.14. The van der Waals surface area contributed by atoms with Crippen LogP contribution in [0, 0.1) is 0 Å². The normalized spacial score (nSPS) is 15.5. The molecule has 1 aliphatic rings. The molecule has 4 nitrogen and oxygen atoms in total. The molecule has 0 atom stereocenters. The van der Waals surface area contributed by atoms with E-state index in [9.17, 15) is 0 Å². The van der Waals surface area contributed by atoms with Crippen LogP contribution in [-0.4, -0.2) is 19.5 Å². The highest BCUT2D eigenvalue weighted by molar-refractivity contribution is 5.82. The zero-order chi connectivity index (χ0) is 36.2. The molecule has 0 fully saturated rings. The van der Waals surface area contributed by atoms with Gasteiger partial charge >= 0.3 is 0 Å². The SMILES string of the molecule is C=C/C1=C\C(=C/C)c2cccc(c2)-c2cccc(c2)-c2nc(-c3ccc(-c4ccccc4)cc3)nc(n2)-n2c(C=C)c(/C=C\C)c(=C/C)/c2=C\C1=C. The van der Waals surface area contributed by atoms with Gasteiger partial charge in [-0.2, -0.15) is 9.97 Å². The molecule has 0 amide bonds. The van der Waals surface area contributed by atoms with Gasteiger partial charge in [0, 0.05) is 21.9 Å². The van der Waals surface area contributed by atoms with Crippen LogP contribution in [0.25, 0.3) is 80.9 Å². The fourth-order valence-electron chi connectivity index (χ4n) is 6.76. The summed E-state index contributed by atoms with van der Waals surface area (Å²) in [7, 11) is 0. The molecular weight excluding hydrogens is 633 g/mol. The summed E-state index contributed by atoms with van der Waals surface area (Å²) >= 11 is 0. The molecule has 7 rings (SSSR count). The average Bonchev–Trinajstić information content (AvgIpc) is 3.49. The third-order valence-corrected chi connectivity index (χ3v) is 9.39. The van der Waals surface area contributed by atoms with Crippen molar-refractivity contribution in [3.63, 3.8) is 0 Å². The maximum Gasteiger partial charge on any atom is 0.238 e. The van der Waals surface area contributed by atoms with Crippen LogP contribution in [0.4, 0.5) is 0 Å². The van der Waals surface area contributed by atoms with Crippen molar-refractivity contribution in [1.82, 2.24) is 19.5 Å². The summed E-state index contributed by atoms with van der Waals surface area (Å²) in [6, 6.07) is 35.7. The molecule has 0 aliphatic carbocycles. The van der Waals surface area contributed by atoms with E-state index in [-0.39, 0.29) is 0 Å². The van der Waals surface area contributed by atoms with Crippen molar-refractivity contribution in [1.29, 1.82) is 0 Å². The van der Waals surface area contributed by atoms with Gasteiger partial charge in [0.05, 0.1) is 11.0 Å². The Kier molecular flexibility index (Phi) is 9.55. The molecule has 1 aliphatic heterocycles. The van der Waals surface area contributed by atoms with Crippen LogP contribution < -0.4 is 10.6 Å². The summed E-state index contributed by atoms with van der Waals surface area (Å²) in [5, 5.41) is 1.91. The molecular formula is C48H40N4. The van der Waals surface area contributed by atoms with Crippen LogP contribution in [0.1, 0.15) is 37.6 Å². The van der Waals surface area contributed by atoms with Crippen LogP contribution in [0.15, 0.2) is 158 Å². The van der Waals surface area contributed by atoms with E-state index in [1.807, 2.05) is 38.1 Å². The Morgan fingerprint density at radius 2 is 1.17 bits per heavy atom. The molecule has 0 spiro atoms. The molecule has 6 aromatic rings. The number of benzene rings is 4. The number of nitrogens with zero attached hydrogens (tertiary/aromatic N) is 4. The Hall–Kier alpha value is -6.65. The highest BCUT2D eigenvalue weighted by Gasteiger charge is 2.19. The van der Waals surface area contributed by atoms with Crippen LogP contribution in [0.5, 0.6) is 0 Å². The van der Waals surface area contributed by atoms with Crippen molar-refractivity contribution < 1.29 is 0 Å². The Morgan fingerprint density at radius 3 is 1.81 bits per heavy atom.